The van der Waals surface area contributed by atoms with E-state index in [-0.39, 0.29) is 5.97 Å². The number of thiocarbonyl (C=S) groups is 1. The van der Waals surface area contributed by atoms with Crippen molar-refractivity contribution in [1.82, 2.24) is 5.32 Å². The van der Waals surface area contributed by atoms with E-state index < -0.39 is 0 Å². The first-order chi connectivity index (χ1) is 12.7. The molecule has 0 fully saturated rings. The van der Waals surface area contributed by atoms with Crippen LogP contribution in [0.3, 0.4) is 0 Å². The summed E-state index contributed by atoms with van der Waals surface area (Å²) in [7, 11) is 1.37. The van der Waals surface area contributed by atoms with E-state index in [4.69, 9.17) is 17.0 Å². The molecular formula is C20H23N3O2S. The van der Waals surface area contributed by atoms with Gasteiger partial charge in [-0.3, -0.25) is 0 Å². The summed E-state index contributed by atoms with van der Waals surface area (Å²) in [6, 6.07) is 15.7. The minimum atomic E-state index is -0.363. The van der Waals surface area contributed by atoms with Crippen LogP contribution in [-0.4, -0.2) is 37.8 Å². The monoisotopic (exact) mass is 369 g/mol. The third kappa shape index (κ3) is 4.52. The number of nitrogens with one attached hydrogen (secondary N) is 2. The van der Waals surface area contributed by atoms with Gasteiger partial charge < -0.3 is 20.3 Å². The average molecular weight is 369 g/mol. The zero-order chi connectivity index (χ0) is 18.4. The molecule has 26 heavy (non-hydrogen) atoms. The van der Waals surface area contributed by atoms with Gasteiger partial charge in [0.25, 0.3) is 0 Å². The molecule has 0 amide bonds. The Labute approximate surface area is 159 Å². The molecule has 0 unspecified atom stereocenters. The first-order valence-electron chi connectivity index (χ1n) is 8.73. The molecular weight excluding hydrogens is 346 g/mol. The van der Waals surface area contributed by atoms with Crippen molar-refractivity contribution in [3.8, 4) is 0 Å². The van der Waals surface area contributed by atoms with Crippen LogP contribution in [-0.2, 0) is 11.2 Å². The summed E-state index contributed by atoms with van der Waals surface area (Å²) in [6.07, 6.45) is 2.12. The van der Waals surface area contributed by atoms with Gasteiger partial charge in [-0.1, -0.05) is 24.3 Å². The topological polar surface area (TPSA) is 53.6 Å². The average Bonchev–Trinajstić information content (AvgIpc) is 3.08. The highest BCUT2D eigenvalue weighted by Crippen LogP contribution is 2.27. The lowest BCUT2D eigenvalue weighted by Crippen LogP contribution is -2.32. The molecule has 1 aliphatic heterocycles. The summed E-state index contributed by atoms with van der Waals surface area (Å²) >= 11 is 5.33. The number of esters is 1. The van der Waals surface area contributed by atoms with E-state index in [1.165, 1.54) is 18.4 Å². The first kappa shape index (κ1) is 18.2. The van der Waals surface area contributed by atoms with Crippen molar-refractivity contribution >= 4 is 34.7 Å². The highest BCUT2D eigenvalue weighted by Gasteiger charge is 2.17. The predicted molar refractivity (Wildman–Crippen MR) is 109 cm³/mol. The van der Waals surface area contributed by atoms with E-state index in [9.17, 15) is 4.79 Å². The zero-order valence-electron chi connectivity index (χ0n) is 14.8. The first-order valence-corrected chi connectivity index (χ1v) is 9.14. The smallest absolute Gasteiger partial charge is 0.337 e. The highest BCUT2D eigenvalue weighted by molar-refractivity contribution is 7.80. The Morgan fingerprint density at radius 2 is 2.08 bits per heavy atom. The number of anilines is 2. The quantitative estimate of drug-likeness (QED) is 0.463. The number of ether oxygens (including phenoxy) is 1. The van der Waals surface area contributed by atoms with Gasteiger partial charge in [0, 0.05) is 31.0 Å². The van der Waals surface area contributed by atoms with Gasteiger partial charge in [-0.25, -0.2) is 4.79 Å². The lowest BCUT2D eigenvalue weighted by molar-refractivity contribution is 0.0601. The van der Waals surface area contributed by atoms with E-state index in [0.717, 1.165) is 38.2 Å². The number of hydrogen-bond donors (Lipinski definition) is 2. The predicted octanol–water partition coefficient (Wildman–Crippen LogP) is 3.21. The lowest BCUT2D eigenvalue weighted by Gasteiger charge is -2.19. The summed E-state index contributed by atoms with van der Waals surface area (Å²) in [6.45, 7) is 2.88. The molecule has 5 nitrogen and oxygen atoms in total. The van der Waals surface area contributed by atoms with Crippen molar-refractivity contribution in [2.24, 2.45) is 0 Å². The third-order valence-corrected chi connectivity index (χ3v) is 4.66. The van der Waals surface area contributed by atoms with Crippen LogP contribution in [0, 0.1) is 0 Å². The Morgan fingerprint density at radius 1 is 1.23 bits per heavy atom. The van der Waals surface area contributed by atoms with Gasteiger partial charge in [-0.05, 0) is 54.9 Å². The van der Waals surface area contributed by atoms with Crippen LogP contribution in [0.25, 0.3) is 0 Å². The van der Waals surface area contributed by atoms with Gasteiger partial charge in [0.05, 0.1) is 12.7 Å². The van der Waals surface area contributed by atoms with E-state index in [2.05, 4.69) is 39.8 Å². The van der Waals surface area contributed by atoms with E-state index in [1.807, 2.05) is 6.07 Å². The SMILES string of the molecule is COC(=O)c1cccc(NC(=S)NCCCN2CCc3ccccc32)c1. The summed E-state index contributed by atoms with van der Waals surface area (Å²) in [5.41, 5.74) is 4.04. The fourth-order valence-electron chi connectivity index (χ4n) is 3.13. The zero-order valence-corrected chi connectivity index (χ0v) is 15.6. The number of nitrogens with zero attached hydrogens (tertiary/aromatic N) is 1. The van der Waals surface area contributed by atoms with E-state index >= 15 is 0 Å². The standard InChI is InChI=1S/C20H23N3O2S/c1-25-19(24)16-7-4-8-17(14-16)22-20(26)21-11-5-12-23-13-10-15-6-2-3-9-18(15)23/h2-4,6-9,14H,5,10-13H2,1H3,(H2,21,22,26). The number of methoxy groups -OCH3 is 1. The number of benzene rings is 2. The van der Waals surface area contributed by atoms with Crippen LogP contribution >= 0.6 is 12.2 Å². The second kappa shape index (κ2) is 8.67. The van der Waals surface area contributed by atoms with Crippen molar-refractivity contribution in [2.45, 2.75) is 12.8 Å². The molecule has 1 heterocycles. The molecule has 6 heteroatoms. The van der Waals surface area contributed by atoms with Gasteiger partial charge in [-0.15, -0.1) is 0 Å². The van der Waals surface area contributed by atoms with Crippen LogP contribution in [0.4, 0.5) is 11.4 Å². The Bertz CT molecular complexity index is 794. The Hall–Kier alpha value is -2.60. The molecule has 136 valence electrons. The summed E-state index contributed by atoms with van der Waals surface area (Å²) < 4.78 is 4.73. The van der Waals surface area contributed by atoms with Crippen molar-refractivity contribution in [1.29, 1.82) is 0 Å². The van der Waals surface area contributed by atoms with E-state index in [1.54, 1.807) is 18.2 Å². The summed E-state index contributed by atoms with van der Waals surface area (Å²) in [5.74, 6) is -0.363. The number of carbonyl (C=O) groups is 1. The minimum absolute atomic E-state index is 0.363. The third-order valence-electron chi connectivity index (χ3n) is 4.42. The molecule has 0 saturated carbocycles. The second-order valence-electron chi connectivity index (χ2n) is 6.17. The van der Waals surface area contributed by atoms with Crippen LogP contribution < -0.4 is 15.5 Å². The van der Waals surface area contributed by atoms with Gasteiger partial charge in [0.1, 0.15) is 0 Å². The highest BCUT2D eigenvalue weighted by atomic mass is 32.1. The maximum Gasteiger partial charge on any atom is 0.337 e. The number of hydrogen-bond acceptors (Lipinski definition) is 4. The molecule has 0 radical (unpaired) electrons. The molecule has 0 spiro atoms. The van der Waals surface area contributed by atoms with Crippen LogP contribution in [0.5, 0.6) is 0 Å². The van der Waals surface area contributed by atoms with E-state index in [0.29, 0.717) is 10.7 Å². The van der Waals surface area contributed by atoms with Crippen molar-refractivity contribution in [2.75, 3.05) is 37.0 Å². The van der Waals surface area contributed by atoms with Crippen molar-refractivity contribution < 1.29 is 9.53 Å². The maximum atomic E-state index is 11.6. The second-order valence-corrected chi connectivity index (χ2v) is 6.58. The largest absolute Gasteiger partial charge is 0.465 e. The maximum absolute atomic E-state index is 11.6. The molecule has 2 aromatic rings. The van der Waals surface area contributed by atoms with Crippen molar-refractivity contribution in [3.63, 3.8) is 0 Å². The number of para-hydroxylation sites is 1. The Kier molecular flexibility index (Phi) is 6.07. The summed E-state index contributed by atoms with van der Waals surface area (Å²) in [4.78, 5) is 14.0. The molecule has 0 bridgehead atoms. The lowest BCUT2D eigenvalue weighted by atomic mass is 10.2. The molecule has 2 aromatic carbocycles. The fourth-order valence-corrected chi connectivity index (χ4v) is 3.35. The molecule has 0 aromatic heterocycles. The molecule has 0 aliphatic carbocycles. The minimum Gasteiger partial charge on any atom is -0.465 e. The molecule has 0 atom stereocenters. The number of fused-ring (bicyclic) bond motifs is 1. The van der Waals surface area contributed by atoms with Crippen LogP contribution in [0.15, 0.2) is 48.5 Å². The van der Waals surface area contributed by atoms with Crippen LogP contribution in [0.1, 0.15) is 22.3 Å². The number of rotatable bonds is 6. The van der Waals surface area contributed by atoms with Crippen molar-refractivity contribution in [3.05, 3.63) is 59.7 Å². The van der Waals surface area contributed by atoms with Gasteiger partial charge in [0.15, 0.2) is 5.11 Å². The Morgan fingerprint density at radius 3 is 2.92 bits per heavy atom. The number of carbonyl (C=O) groups excluding carboxylic acids is 1. The molecule has 3 rings (SSSR count). The van der Waals surface area contributed by atoms with Gasteiger partial charge in [-0.2, -0.15) is 0 Å². The molecule has 2 N–H and O–H groups in total. The van der Waals surface area contributed by atoms with Crippen LogP contribution in [0.2, 0.25) is 0 Å². The molecule has 0 saturated heterocycles. The normalized spacial score (nSPS) is 12.4. The van der Waals surface area contributed by atoms with Gasteiger partial charge >= 0.3 is 5.97 Å². The van der Waals surface area contributed by atoms with Gasteiger partial charge in [0.2, 0.25) is 0 Å². The molecule has 1 aliphatic rings. The Balaban J connectivity index is 1.42. The fraction of sp³-hybridized carbons (Fsp3) is 0.300. The summed E-state index contributed by atoms with van der Waals surface area (Å²) in [5, 5.41) is 6.87.